The lowest BCUT2D eigenvalue weighted by Crippen LogP contribution is -2.07. The topological polar surface area (TPSA) is 58.0 Å². The minimum Gasteiger partial charge on any atom is -0.396 e. The van der Waals surface area contributed by atoms with E-state index in [2.05, 4.69) is 15.5 Å². The zero-order valence-electron chi connectivity index (χ0n) is 11.5. The molecule has 5 heteroatoms. The number of aliphatic hydroxyl groups is 1. The van der Waals surface area contributed by atoms with Crippen LogP contribution in [-0.4, -0.2) is 28.5 Å². The molecule has 2 N–H and O–H groups in total. The molecule has 0 unspecified atom stereocenters. The molecule has 1 heterocycles. The second-order valence-corrected chi connectivity index (χ2v) is 4.48. The molecular formula is C15H20ClN3O. The lowest BCUT2D eigenvalue weighted by molar-refractivity contribution is 0.286. The van der Waals surface area contributed by atoms with Gasteiger partial charge in [-0.2, -0.15) is 0 Å². The zero-order valence-corrected chi connectivity index (χ0v) is 12.4. The molecule has 0 radical (unpaired) electrons. The first-order chi connectivity index (χ1) is 9.31. The van der Waals surface area contributed by atoms with Crippen LogP contribution >= 0.6 is 12.4 Å². The summed E-state index contributed by atoms with van der Waals surface area (Å²) >= 11 is 0. The molecule has 0 atom stereocenters. The van der Waals surface area contributed by atoms with Crippen LogP contribution in [0.25, 0.3) is 11.3 Å². The van der Waals surface area contributed by atoms with E-state index in [1.807, 2.05) is 43.3 Å². The second kappa shape index (κ2) is 8.51. The van der Waals surface area contributed by atoms with E-state index in [1.54, 1.807) is 0 Å². The van der Waals surface area contributed by atoms with Crippen molar-refractivity contribution in [3.63, 3.8) is 0 Å². The van der Waals surface area contributed by atoms with Crippen molar-refractivity contribution in [3.05, 3.63) is 42.0 Å². The summed E-state index contributed by atoms with van der Waals surface area (Å²) in [6.45, 7) is 3.07. The Balaban J connectivity index is 0.00000200. The second-order valence-electron chi connectivity index (χ2n) is 4.48. The van der Waals surface area contributed by atoms with Crippen molar-refractivity contribution >= 4 is 18.2 Å². The van der Waals surface area contributed by atoms with Gasteiger partial charge in [0.15, 0.2) is 5.82 Å². The minimum atomic E-state index is 0. The Morgan fingerprint density at radius 3 is 2.50 bits per heavy atom. The van der Waals surface area contributed by atoms with Crippen LogP contribution < -0.4 is 5.32 Å². The molecule has 2 aromatic rings. The highest BCUT2D eigenvalue weighted by Gasteiger charge is 2.04. The van der Waals surface area contributed by atoms with Crippen molar-refractivity contribution < 1.29 is 5.11 Å². The van der Waals surface area contributed by atoms with E-state index in [-0.39, 0.29) is 19.0 Å². The Morgan fingerprint density at radius 1 is 1.10 bits per heavy atom. The SMILES string of the molecule is Cc1cc(-c2ccccc2)nnc1NCCCCO.Cl. The van der Waals surface area contributed by atoms with Gasteiger partial charge < -0.3 is 10.4 Å². The van der Waals surface area contributed by atoms with Crippen LogP contribution in [0.1, 0.15) is 18.4 Å². The third-order valence-corrected chi connectivity index (χ3v) is 2.93. The van der Waals surface area contributed by atoms with E-state index >= 15 is 0 Å². The molecule has 0 fully saturated rings. The average molecular weight is 294 g/mol. The maximum atomic E-state index is 8.72. The number of halogens is 1. The number of rotatable bonds is 6. The van der Waals surface area contributed by atoms with E-state index in [0.29, 0.717) is 0 Å². The third-order valence-electron chi connectivity index (χ3n) is 2.93. The van der Waals surface area contributed by atoms with E-state index in [1.165, 1.54) is 0 Å². The van der Waals surface area contributed by atoms with Gasteiger partial charge >= 0.3 is 0 Å². The first-order valence-electron chi connectivity index (χ1n) is 6.56. The van der Waals surface area contributed by atoms with Crippen molar-refractivity contribution in [1.29, 1.82) is 0 Å². The minimum absolute atomic E-state index is 0. The molecule has 4 nitrogen and oxygen atoms in total. The van der Waals surface area contributed by atoms with Crippen molar-refractivity contribution in [2.24, 2.45) is 0 Å². The van der Waals surface area contributed by atoms with Crippen LogP contribution in [0.4, 0.5) is 5.82 Å². The smallest absolute Gasteiger partial charge is 0.151 e. The summed E-state index contributed by atoms with van der Waals surface area (Å²) in [5, 5.41) is 20.4. The van der Waals surface area contributed by atoms with Gasteiger partial charge in [-0.25, -0.2) is 0 Å². The Hall–Kier alpha value is -1.65. The molecule has 0 aliphatic rings. The Labute approximate surface area is 125 Å². The lowest BCUT2D eigenvalue weighted by atomic mass is 10.1. The maximum absolute atomic E-state index is 8.72. The van der Waals surface area contributed by atoms with Gasteiger partial charge in [-0.05, 0) is 31.4 Å². The monoisotopic (exact) mass is 293 g/mol. The number of nitrogens with one attached hydrogen (secondary N) is 1. The fourth-order valence-electron chi connectivity index (χ4n) is 1.85. The molecule has 0 saturated carbocycles. The van der Waals surface area contributed by atoms with Gasteiger partial charge in [0.2, 0.25) is 0 Å². The molecule has 0 amide bonds. The van der Waals surface area contributed by atoms with Crippen molar-refractivity contribution in [2.75, 3.05) is 18.5 Å². The number of aryl methyl sites for hydroxylation is 1. The zero-order chi connectivity index (χ0) is 13.5. The third kappa shape index (κ3) is 4.47. The van der Waals surface area contributed by atoms with Gasteiger partial charge in [0.25, 0.3) is 0 Å². The van der Waals surface area contributed by atoms with Crippen LogP contribution in [-0.2, 0) is 0 Å². The van der Waals surface area contributed by atoms with Gasteiger partial charge in [0.1, 0.15) is 0 Å². The number of nitrogens with zero attached hydrogens (tertiary/aromatic N) is 2. The number of anilines is 1. The molecule has 0 aliphatic heterocycles. The van der Waals surface area contributed by atoms with E-state index in [0.717, 1.165) is 42.0 Å². The Bertz CT molecular complexity index is 520. The van der Waals surface area contributed by atoms with Crippen LogP contribution in [0.2, 0.25) is 0 Å². The largest absolute Gasteiger partial charge is 0.396 e. The highest BCUT2D eigenvalue weighted by molar-refractivity contribution is 5.85. The van der Waals surface area contributed by atoms with Crippen LogP contribution in [0, 0.1) is 6.92 Å². The van der Waals surface area contributed by atoms with Crippen molar-refractivity contribution in [2.45, 2.75) is 19.8 Å². The first kappa shape index (κ1) is 16.4. The van der Waals surface area contributed by atoms with Crippen molar-refractivity contribution in [3.8, 4) is 11.3 Å². The van der Waals surface area contributed by atoms with Gasteiger partial charge in [-0.1, -0.05) is 30.3 Å². The number of aromatic nitrogens is 2. The Morgan fingerprint density at radius 2 is 1.85 bits per heavy atom. The molecular weight excluding hydrogens is 274 g/mol. The van der Waals surface area contributed by atoms with E-state index in [4.69, 9.17) is 5.11 Å². The first-order valence-corrected chi connectivity index (χ1v) is 6.56. The van der Waals surface area contributed by atoms with Gasteiger partial charge in [0, 0.05) is 18.7 Å². The highest BCUT2D eigenvalue weighted by Crippen LogP contribution is 2.19. The molecule has 108 valence electrons. The summed E-state index contributed by atoms with van der Waals surface area (Å²) in [6, 6.07) is 12.1. The fraction of sp³-hybridized carbons (Fsp3) is 0.333. The summed E-state index contributed by atoms with van der Waals surface area (Å²) in [7, 11) is 0. The lowest BCUT2D eigenvalue weighted by Gasteiger charge is -2.08. The fourth-order valence-corrected chi connectivity index (χ4v) is 1.85. The van der Waals surface area contributed by atoms with Crippen LogP contribution in [0.15, 0.2) is 36.4 Å². The van der Waals surface area contributed by atoms with Crippen molar-refractivity contribution in [1.82, 2.24) is 10.2 Å². The molecule has 2 rings (SSSR count). The number of unbranched alkanes of at least 4 members (excludes halogenated alkanes) is 1. The molecule has 0 aliphatic carbocycles. The number of hydrogen-bond acceptors (Lipinski definition) is 4. The predicted molar refractivity (Wildman–Crippen MR) is 84.3 cm³/mol. The highest BCUT2D eigenvalue weighted by atomic mass is 35.5. The van der Waals surface area contributed by atoms with Crippen LogP contribution in [0.3, 0.4) is 0 Å². The molecule has 0 saturated heterocycles. The number of aliphatic hydroxyl groups excluding tert-OH is 1. The standard InChI is InChI=1S/C15H19N3O.ClH/c1-12-11-14(13-7-3-2-4-8-13)17-18-15(12)16-9-5-6-10-19;/h2-4,7-8,11,19H,5-6,9-10H2,1H3,(H,16,18);1H. The molecule has 0 spiro atoms. The number of benzene rings is 1. The van der Waals surface area contributed by atoms with Crippen LogP contribution in [0.5, 0.6) is 0 Å². The molecule has 1 aromatic carbocycles. The quantitative estimate of drug-likeness (QED) is 0.804. The predicted octanol–water partition coefficient (Wildman–Crippen LogP) is 3.06. The van der Waals surface area contributed by atoms with Gasteiger partial charge in [-0.15, -0.1) is 22.6 Å². The summed E-state index contributed by atoms with van der Waals surface area (Å²) in [5.74, 6) is 0.817. The number of hydrogen-bond donors (Lipinski definition) is 2. The molecule has 1 aromatic heterocycles. The maximum Gasteiger partial charge on any atom is 0.151 e. The molecule has 20 heavy (non-hydrogen) atoms. The van der Waals surface area contributed by atoms with E-state index in [9.17, 15) is 0 Å². The summed E-state index contributed by atoms with van der Waals surface area (Å²) in [5.41, 5.74) is 3.04. The van der Waals surface area contributed by atoms with Gasteiger partial charge in [0.05, 0.1) is 5.69 Å². The summed E-state index contributed by atoms with van der Waals surface area (Å²) < 4.78 is 0. The van der Waals surface area contributed by atoms with E-state index < -0.39 is 0 Å². The Kier molecular flexibility index (Phi) is 6.98. The molecule has 0 bridgehead atoms. The van der Waals surface area contributed by atoms with Gasteiger partial charge in [-0.3, -0.25) is 0 Å². The summed E-state index contributed by atoms with van der Waals surface area (Å²) in [6.07, 6.45) is 1.74. The average Bonchev–Trinajstić information content (AvgIpc) is 2.46. The normalized spacial score (nSPS) is 9.90. The summed E-state index contributed by atoms with van der Waals surface area (Å²) in [4.78, 5) is 0.